The van der Waals surface area contributed by atoms with Gasteiger partial charge in [-0.25, -0.2) is 4.98 Å². The van der Waals surface area contributed by atoms with Gasteiger partial charge in [-0.3, -0.25) is 0 Å². The number of aryl methyl sites for hydroxylation is 3. The molecule has 0 spiro atoms. The van der Waals surface area contributed by atoms with Crippen LogP contribution in [-0.2, 0) is 7.05 Å². The van der Waals surface area contributed by atoms with Crippen LogP contribution in [0.1, 0.15) is 11.1 Å². The smallest absolute Gasteiger partial charge is 0.140 e. The normalized spacial score (nSPS) is 11.1. The second kappa shape index (κ2) is 4.12. The standard InChI is InChI=1S/C16H17N3/c1-10-8-11(2)15-14(9-10)18-16(19(15)3)12-4-6-13(17)7-5-12/h4-9H,17H2,1-3H3. The van der Waals surface area contributed by atoms with Crippen molar-refractivity contribution in [1.29, 1.82) is 0 Å². The van der Waals surface area contributed by atoms with Gasteiger partial charge < -0.3 is 10.3 Å². The maximum atomic E-state index is 5.73. The van der Waals surface area contributed by atoms with Crippen LogP contribution in [0.5, 0.6) is 0 Å². The van der Waals surface area contributed by atoms with Crippen molar-refractivity contribution in [2.24, 2.45) is 7.05 Å². The van der Waals surface area contributed by atoms with Crippen LogP contribution < -0.4 is 5.73 Å². The molecule has 19 heavy (non-hydrogen) atoms. The minimum Gasteiger partial charge on any atom is -0.399 e. The van der Waals surface area contributed by atoms with E-state index in [1.807, 2.05) is 24.3 Å². The fourth-order valence-electron chi connectivity index (χ4n) is 2.64. The van der Waals surface area contributed by atoms with Gasteiger partial charge in [-0.05, 0) is 55.3 Å². The first kappa shape index (κ1) is 11.8. The Morgan fingerprint density at radius 2 is 1.74 bits per heavy atom. The molecule has 0 fully saturated rings. The van der Waals surface area contributed by atoms with E-state index in [0.29, 0.717) is 0 Å². The van der Waals surface area contributed by atoms with Gasteiger partial charge in [-0.1, -0.05) is 6.07 Å². The maximum absolute atomic E-state index is 5.73. The van der Waals surface area contributed by atoms with Crippen molar-refractivity contribution < 1.29 is 0 Å². The van der Waals surface area contributed by atoms with Crippen molar-refractivity contribution in [1.82, 2.24) is 9.55 Å². The van der Waals surface area contributed by atoms with Gasteiger partial charge in [0, 0.05) is 18.3 Å². The average Bonchev–Trinajstić information content (AvgIpc) is 2.67. The van der Waals surface area contributed by atoms with Crippen LogP contribution in [0, 0.1) is 13.8 Å². The van der Waals surface area contributed by atoms with Crippen molar-refractivity contribution in [2.75, 3.05) is 5.73 Å². The van der Waals surface area contributed by atoms with Crippen molar-refractivity contribution in [3.63, 3.8) is 0 Å². The molecule has 0 saturated carbocycles. The van der Waals surface area contributed by atoms with Crippen molar-refractivity contribution in [3.8, 4) is 11.4 Å². The van der Waals surface area contributed by atoms with Crippen LogP contribution in [0.25, 0.3) is 22.4 Å². The van der Waals surface area contributed by atoms with Crippen molar-refractivity contribution >= 4 is 16.7 Å². The van der Waals surface area contributed by atoms with E-state index in [-0.39, 0.29) is 0 Å². The highest BCUT2D eigenvalue weighted by Gasteiger charge is 2.11. The number of nitrogens with zero attached hydrogens (tertiary/aromatic N) is 2. The lowest BCUT2D eigenvalue weighted by atomic mass is 10.1. The first-order valence-electron chi connectivity index (χ1n) is 6.36. The second-order valence-electron chi connectivity index (χ2n) is 5.07. The Morgan fingerprint density at radius 1 is 1.05 bits per heavy atom. The van der Waals surface area contributed by atoms with E-state index < -0.39 is 0 Å². The minimum atomic E-state index is 0.773. The van der Waals surface area contributed by atoms with Crippen LogP contribution in [0.3, 0.4) is 0 Å². The van der Waals surface area contributed by atoms with E-state index in [1.165, 1.54) is 16.6 Å². The summed E-state index contributed by atoms with van der Waals surface area (Å²) in [4.78, 5) is 4.76. The molecule has 3 heteroatoms. The second-order valence-corrected chi connectivity index (χ2v) is 5.07. The Bertz CT molecular complexity index is 752. The van der Waals surface area contributed by atoms with Gasteiger partial charge in [-0.15, -0.1) is 0 Å². The number of benzene rings is 2. The van der Waals surface area contributed by atoms with E-state index in [1.54, 1.807) is 0 Å². The number of aromatic nitrogens is 2. The minimum absolute atomic E-state index is 0.773. The largest absolute Gasteiger partial charge is 0.399 e. The van der Waals surface area contributed by atoms with Crippen LogP contribution in [0.15, 0.2) is 36.4 Å². The Balaban J connectivity index is 2.28. The summed E-state index contributed by atoms with van der Waals surface area (Å²) in [6.07, 6.45) is 0. The number of hydrogen-bond acceptors (Lipinski definition) is 2. The van der Waals surface area contributed by atoms with Gasteiger partial charge in [0.25, 0.3) is 0 Å². The molecule has 0 radical (unpaired) electrons. The van der Waals surface area contributed by atoms with Gasteiger partial charge in [0.05, 0.1) is 11.0 Å². The molecule has 0 atom stereocenters. The molecular weight excluding hydrogens is 234 g/mol. The molecule has 0 aliphatic carbocycles. The number of rotatable bonds is 1. The third-order valence-electron chi connectivity index (χ3n) is 3.47. The zero-order valence-electron chi connectivity index (χ0n) is 11.4. The van der Waals surface area contributed by atoms with Crippen LogP contribution >= 0.6 is 0 Å². The number of hydrogen-bond donors (Lipinski definition) is 1. The van der Waals surface area contributed by atoms with Crippen LogP contribution in [-0.4, -0.2) is 9.55 Å². The number of imidazole rings is 1. The van der Waals surface area contributed by atoms with E-state index in [4.69, 9.17) is 10.7 Å². The van der Waals surface area contributed by atoms with Gasteiger partial charge in [0.1, 0.15) is 5.82 Å². The lowest BCUT2D eigenvalue weighted by Crippen LogP contribution is -1.94. The van der Waals surface area contributed by atoms with Gasteiger partial charge >= 0.3 is 0 Å². The molecule has 1 aromatic heterocycles. The maximum Gasteiger partial charge on any atom is 0.140 e. The summed E-state index contributed by atoms with van der Waals surface area (Å²) in [6, 6.07) is 12.2. The summed E-state index contributed by atoms with van der Waals surface area (Å²) < 4.78 is 2.15. The highest BCUT2D eigenvalue weighted by atomic mass is 15.1. The monoisotopic (exact) mass is 251 g/mol. The first-order valence-corrected chi connectivity index (χ1v) is 6.36. The number of fused-ring (bicyclic) bond motifs is 1. The average molecular weight is 251 g/mol. The molecule has 0 saturated heterocycles. The molecule has 3 nitrogen and oxygen atoms in total. The third-order valence-corrected chi connectivity index (χ3v) is 3.47. The topological polar surface area (TPSA) is 43.8 Å². The molecule has 0 unspecified atom stereocenters. The highest BCUT2D eigenvalue weighted by Crippen LogP contribution is 2.27. The zero-order chi connectivity index (χ0) is 13.6. The van der Waals surface area contributed by atoms with Crippen LogP contribution in [0.4, 0.5) is 5.69 Å². The number of nitrogens with two attached hydrogens (primary N) is 1. The summed E-state index contributed by atoms with van der Waals surface area (Å²) in [5.41, 5.74) is 12.3. The molecule has 0 bridgehead atoms. The lowest BCUT2D eigenvalue weighted by molar-refractivity contribution is 0.955. The zero-order valence-corrected chi connectivity index (χ0v) is 11.4. The number of nitrogen functional groups attached to an aromatic ring is 1. The first-order chi connectivity index (χ1) is 9.06. The fraction of sp³-hybridized carbons (Fsp3) is 0.188. The summed E-state index contributed by atoms with van der Waals surface area (Å²) in [6.45, 7) is 4.23. The molecule has 3 aromatic rings. The van der Waals surface area contributed by atoms with E-state index in [2.05, 4.69) is 37.6 Å². The lowest BCUT2D eigenvalue weighted by Gasteiger charge is -2.04. The quantitative estimate of drug-likeness (QED) is 0.673. The summed E-state index contributed by atoms with van der Waals surface area (Å²) in [7, 11) is 2.06. The van der Waals surface area contributed by atoms with Crippen molar-refractivity contribution in [2.45, 2.75) is 13.8 Å². The Hall–Kier alpha value is -2.29. The highest BCUT2D eigenvalue weighted by molar-refractivity contribution is 5.84. The third kappa shape index (κ3) is 1.87. The van der Waals surface area contributed by atoms with Gasteiger partial charge in [-0.2, -0.15) is 0 Å². The van der Waals surface area contributed by atoms with E-state index >= 15 is 0 Å². The Morgan fingerprint density at radius 3 is 2.42 bits per heavy atom. The molecule has 0 aliphatic rings. The van der Waals surface area contributed by atoms with Crippen molar-refractivity contribution in [3.05, 3.63) is 47.5 Å². The molecule has 1 heterocycles. The van der Waals surface area contributed by atoms with E-state index in [9.17, 15) is 0 Å². The molecule has 2 N–H and O–H groups in total. The van der Waals surface area contributed by atoms with Gasteiger partial charge in [0.2, 0.25) is 0 Å². The molecule has 3 rings (SSSR count). The molecule has 2 aromatic carbocycles. The number of anilines is 1. The van der Waals surface area contributed by atoms with Gasteiger partial charge in [0.15, 0.2) is 0 Å². The molecule has 0 amide bonds. The molecule has 96 valence electrons. The predicted molar refractivity (Wildman–Crippen MR) is 80.0 cm³/mol. The molecule has 0 aliphatic heterocycles. The predicted octanol–water partition coefficient (Wildman–Crippen LogP) is 3.44. The summed E-state index contributed by atoms with van der Waals surface area (Å²) >= 11 is 0. The molecular formula is C16H17N3. The summed E-state index contributed by atoms with van der Waals surface area (Å²) in [5.74, 6) is 0.976. The summed E-state index contributed by atoms with van der Waals surface area (Å²) in [5, 5.41) is 0. The SMILES string of the molecule is Cc1cc(C)c2c(c1)nc(-c1ccc(N)cc1)n2C. The fourth-order valence-corrected chi connectivity index (χ4v) is 2.64. The Labute approximate surface area is 112 Å². The Kier molecular flexibility index (Phi) is 2.56. The van der Waals surface area contributed by atoms with E-state index in [0.717, 1.165) is 22.6 Å². The van der Waals surface area contributed by atoms with Crippen LogP contribution in [0.2, 0.25) is 0 Å².